The Morgan fingerprint density at radius 3 is 1.80 bits per heavy atom. The Morgan fingerprint density at radius 1 is 0.725 bits per heavy atom. The molecule has 0 amide bonds. The molecular formula is C47H55IrNOP-3. The third-order valence-electron chi connectivity index (χ3n) is 11.8. The van der Waals surface area contributed by atoms with Crippen LogP contribution in [0.15, 0.2) is 102 Å². The fraction of sp³-hybridized carbons (Fsp3) is 0.383. The van der Waals surface area contributed by atoms with E-state index in [0.29, 0.717) is 12.5 Å². The Hall–Kier alpha value is -2.57. The SMILES string of the molecule is CC(C)[C@H]1COC(c2cccc3c2[C@]2(CC3)CCc3cccc([PH+](c4ccccc4)c4ccccc4)c32)=N1.C[CH-]C1[CH-]CC[CH-]C([CH-]C)CC1.[Ir]. The molecule has 4 heteroatoms. The van der Waals surface area contributed by atoms with Crippen molar-refractivity contribution in [1.82, 2.24) is 0 Å². The summed E-state index contributed by atoms with van der Waals surface area (Å²) in [6.45, 7) is 9.54. The van der Waals surface area contributed by atoms with Gasteiger partial charge in [-0.15, -0.1) is 12.8 Å². The summed E-state index contributed by atoms with van der Waals surface area (Å²) in [5.74, 6) is 2.88. The van der Waals surface area contributed by atoms with Gasteiger partial charge in [-0.25, -0.2) is 17.8 Å². The molecule has 1 heterocycles. The van der Waals surface area contributed by atoms with Crippen LogP contribution >= 0.6 is 7.92 Å². The van der Waals surface area contributed by atoms with Gasteiger partial charge in [0.25, 0.3) is 0 Å². The maximum absolute atomic E-state index is 6.30. The first-order chi connectivity index (χ1) is 24.5. The number of benzene rings is 4. The minimum atomic E-state index is -1.18. The van der Waals surface area contributed by atoms with Crippen LogP contribution in [0, 0.1) is 43.4 Å². The zero-order valence-electron chi connectivity index (χ0n) is 30.9. The summed E-state index contributed by atoms with van der Waals surface area (Å²) in [7, 11) is -1.18. The van der Waals surface area contributed by atoms with Crippen molar-refractivity contribution >= 4 is 29.7 Å². The number of aliphatic imine (C=N–C) groups is 1. The molecule has 1 spiro atoms. The molecule has 4 aliphatic rings. The molecule has 3 aliphatic carbocycles. The Balaban J connectivity index is 0.000000295. The molecule has 51 heavy (non-hydrogen) atoms. The van der Waals surface area contributed by atoms with Crippen molar-refractivity contribution in [3.8, 4) is 0 Å². The van der Waals surface area contributed by atoms with Crippen LogP contribution in [0.3, 0.4) is 0 Å². The van der Waals surface area contributed by atoms with E-state index in [4.69, 9.17) is 9.73 Å². The van der Waals surface area contributed by atoms with E-state index in [1.54, 1.807) is 10.9 Å². The Morgan fingerprint density at radius 2 is 1.27 bits per heavy atom. The number of rotatable bonds is 7. The van der Waals surface area contributed by atoms with Crippen molar-refractivity contribution in [2.45, 2.75) is 90.5 Å². The van der Waals surface area contributed by atoms with E-state index >= 15 is 0 Å². The summed E-state index contributed by atoms with van der Waals surface area (Å²) in [5, 5.41) is 4.46. The van der Waals surface area contributed by atoms with Gasteiger partial charge in [0.2, 0.25) is 5.90 Å². The number of hydrogen-bond donors (Lipinski definition) is 0. The maximum atomic E-state index is 6.30. The van der Waals surface area contributed by atoms with Crippen LogP contribution in [-0.2, 0) is 43.1 Å². The summed E-state index contributed by atoms with van der Waals surface area (Å²) in [5.41, 5.74) is 7.38. The standard InChI is InChI=1S/C35H34NOP.C12H20.Ir/c1-24(2)30-23-37-34(36-30)29-17-9-11-25-19-21-35(32(25)29)22-20-26-12-10-18-31(33(26)35)38(27-13-5-3-6-14-27)28-15-7-4-8-16-28;1-3-11-7-5-6-8-12(4-2)10-9-11;/h3-18,24,30H,19-23H2,1-2H3;3-4,7-8,11-12H,5-6,9-10H2,1-2H3;/q;-4;/p+1/t30-,35+;;/m1../s1. The zero-order valence-corrected chi connectivity index (χ0v) is 34.3. The smallest absolute Gasteiger partial charge is 0.216 e. The van der Waals surface area contributed by atoms with Gasteiger partial charge in [-0.1, -0.05) is 74.5 Å². The summed E-state index contributed by atoms with van der Waals surface area (Å²) in [6.07, 6.45) is 19.4. The number of hydrogen-bond acceptors (Lipinski definition) is 2. The fourth-order valence-corrected chi connectivity index (χ4v) is 11.9. The van der Waals surface area contributed by atoms with E-state index in [2.05, 4.69) is 150 Å². The molecule has 4 atom stereocenters. The van der Waals surface area contributed by atoms with Gasteiger partial charge >= 0.3 is 0 Å². The average Bonchev–Trinajstić information content (AvgIpc) is 3.89. The van der Waals surface area contributed by atoms with Crippen molar-refractivity contribution in [3.05, 3.63) is 151 Å². The topological polar surface area (TPSA) is 21.6 Å². The number of nitrogens with zero attached hydrogens (tertiary/aromatic N) is 1. The van der Waals surface area contributed by atoms with Crippen LogP contribution < -0.4 is 15.9 Å². The predicted molar refractivity (Wildman–Crippen MR) is 216 cm³/mol. The molecule has 0 N–H and O–H groups in total. The van der Waals surface area contributed by atoms with Crippen LogP contribution in [-0.4, -0.2) is 18.5 Å². The van der Waals surface area contributed by atoms with E-state index < -0.39 is 7.92 Å². The van der Waals surface area contributed by atoms with E-state index in [9.17, 15) is 0 Å². The minimum Gasteiger partial charge on any atom is -0.475 e. The summed E-state index contributed by atoms with van der Waals surface area (Å²) >= 11 is 0. The van der Waals surface area contributed by atoms with Gasteiger partial charge in [-0.2, -0.15) is 13.8 Å². The first-order valence-electron chi connectivity index (χ1n) is 19.2. The number of fused-ring (bicyclic) bond motifs is 4. The molecule has 0 saturated heterocycles. The Kier molecular flexibility index (Phi) is 13.1. The summed E-state index contributed by atoms with van der Waals surface area (Å²) in [4.78, 5) is 5.10. The first kappa shape index (κ1) is 38.2. The molecule has 1 fully saturated rings. The van der Waals surface area contributed by atoms with Crippen LogP contribution in [0.4, 0.5) is 0 Å². The zero-order chi connectivity index (χ0) is 34.5. The van der Waals surface area contributed by atoms with Gasteiger partial charge in [-0.05, 0) is 84.7 Å². The molecule has 271 valence electrons. The predicted octanol–water partition coefficient (Wildman–Crippen LogP) is 9.80. The van der Waals surface area contributed by atoms with Gasteiger partial charge in [0.1, 0.15) is 22.5 Å². The second kappa shape index (κ2) is 17.5. The largest absolute Gasteiger partial charge is 0.475 e. The molecule has 1 saturated carbocycles. The summed E-state index contributed by atoms with van der Waals surface area (Å²) in [6, 6.07) is 36.6. The van der Waals surface area contributed by atoms with E-state index in [1.807, 2.05) is 0 Å². The molecule has 2 unspecified atom stereocenters. The van der Waals surface area contributed by atoms with Crippen molar-refractivity contribution in [2.24, 2.45) is 22.7 Å². The molecule has 1 aliphatic heterocycles. The Bertz CT molecular complexity index is 1700. The monoisotopic (exact) mass is 873 g/mol. The van der Waals surface area contributed by atoms with Crippen LogP contribution in [0.2, 0.25) is 0 Å². The van der Waals surface area contributed by atoms with Crippen LogP contribution in [0.5, 0.6) is 0 Å². The first-order valence-corrected chi connectivity index (χ1v) is 20.7. The molecular weight excluding hydrogens is 818 g/mol. The molecule has 0 bridgehead atoms. The van der Waals surface area contributed by atoms with Gasteiger partial charge < -0.3 is 30.4 Å². The third-order valence-corrected chi connectivity index (χ3v) is 14.5. The molecule has 8 rings (SSSR count). The second-order valence-electron chi connectivity index (χ2n) is 15.0. The molecule has 1 radical (unpaired) electrons. The summed E-state index contributed by atoms with van der Waals surface area (Å²) < 4.78 is 6.30. The van der Waals surface area contributed by atoms with E-state index in [-0.39, 0.29) is 31.6 Å². The molecule has 4 aromatic rings. The number of aryl methyl sites for hydroxylation is 2. The van der Waals surface area contributed by atoms with Gasteiger partial charge in [0.05, 0.1) is 14.0 Å². The Labute approximate surface area is 323 Å². The molecule has 2 nitrogen and oxygen atoms in total. The van der Waals surface area contributed by atoms with Gasteiger partial charge in [0, 0.05) is 36.6 Å². The van der Waals surface area contributed by atoms with Crippen LogP contribution in [0.1, 0.15) is 94.0 Å². The maximum Gasteiger partial charge on any atom is 0.216 e. The fourth-order valence-electron chi connectivity index (χ4n) is 8.99. The van der Waals surface area contributed by atoms with Gasteiger partial charge in [-0.3, -0.25) is 11.8 Å². The number of ether oxygens (including phenoxy) is 1. The van der Waals surface area contributed by atoms with E-state index in [0.717, 1.165) is 30.6 Å². The normalized spacial score (nSPS) is 23.7. The van der Waals surface area contributed by atoms with Crippen LogP contribution in [0.25, 0.3) is 0 Å². The van der Waals surface area contributed by atoms with Crippen molar-refractivity contribution in [1.29, 1.82) is 0 Å². The van der Waals surface area contributed by atoms with Gasteiger partial charge in [0.15, 0.2) is 0 Å². The quantitative estimate of drug-likeness (QED) is 0.134. The average molecular weight is 873 g/mol. The van der Waals surface area contributed by atoms with Crippen molar-refractivity contribution in [2.75, 3.05) is 6.61 Å². The third kappa shape index (κ3) is 8.03. The minimum absolute atomic E-state index is 0. The molecule has 4 aromatic carbocycles. The van der Waals surface area contributed by atoms with Crippen molar-refractivity contribution in [3.63, 3.8) is 0 Å². The van der Waals surface area contributed by atoms with Crippen molar-refractivity contribution < 1.29 is 24.8 Å². The second-order valence-corrected chi connectivity index (χ2v) is 17.5. The van der Waals surface area contributed by atoms with E-state index in [1.165, 1.54) is 71.4 Å². The molecule has 0 aromatic heterocycles.